The fraction of sp³-hybridized carbons (Fsp3) is 0.538. The van der Waals surface area contributed by atoms with E-state index in [0.29, 0.717) is 5.92 Å². The van der Waals surface area contributed by atoms with Crippen LogP contribution >= 0.6 is 0 Å². The van der Waals surface area contributed by atoms with Crippen LogP contribution in [0.15, 0.2) is 18.2 Å². The zero-order valence-corrected chi connectivity index (χ0v) is 9.99. The van der Waals surface area contributed by atoms with Crippen molar-refractivity contribution in [2.24, 2.45) is 5.92 Å². The molecule has 1 saturated carbocycles. The van der Waals surface area contributed by atoms with Gasteiger partial charge in [-0.05, 0) is 30.0 Å². The molecule has 0 heterocycles. The second-order valence-electron chi connectivity index (χ2n) is 4.49. The molecule has 3 nitrogen and oxygen atoms in total. The third kappa shape index (κ3) is 1.55. The number of methoxy groups -OCH3 is 2. The number of hydrogen-bond donors (Lipinski definition) is 1. The van der Waals surface area contributed by atoms with Gasteiger partial charge in [0.25, 0.3) is 0 Å². The van der Waals surface area contributed by atoms with Gasteiger partial charge >= 0.3 is 0 Å². The molecule has 1 aliphatic rings. The van der Waals surface area contributed by atoms with Crippen LogP contribution in [-0.4, -0.2) is 25.9 Å². The summed E-state index contributed by atoms with van der Waals surface area (Å²) in [5.41, 5.74) is 1.08. The molecule has 1 fully saturated rings. The van der Waals surface area contributed by atoms with Gasteiger partial charge in [0.2, 0.25) is 0 Å². The molecule has 2 atom stereocenters. The summed E-state index contributed by atoms with van der Waals surface area (Å²) in [5.74, 6) is 2.00. The summed E-state index contributed by atoms with van der Waals surface area (Å²) in [5, 5.41) is 9.50. The van der Waals surface area contributed by atoms with Gasteiger partial charge in [-0.3, -0.25) is 0 Å². The highest BCUT2D eigenvalue weighted by atomic mass is 16.5. The SMILES string of the molecule is COc1ccc(C2(CO)CC2C)cc1OC. The van der Waals surface area contributed by atoms with Gasteiger partial charge < -0.3 is 14.6 Å². The molecular weight excluding hydrogens is 204 g/mol. The van der Waals surface area contributed by atoms with Crippen molar-refractivity contribution in [3.05, 3.63) is 23.8 Å². The van der Waals surface area contributed by atoms with Gasteiger partial charge in [0, 0.05) is 5.41 Å². The highest BCUT2D eigenvalue weighted by Crippen LogP contribution is 2.54. The lowest BCUT2D eigenvalue weighted by atomic mass is 9.94. The van der Waals surface area contributed by atoms with Crippen molar-refractivity contribution in [2.75, 3.05) is 20.8 Å². The van der Waals surface area contributed by atoms with E-state index in [2.05, 4.69) is 6.92 Å². The third-order valence-electron chi connectivity index (χ3n) is 3.69. The quantitative estimate of drug-likeness (QED) is 0.846. The molecule has 2 unspecified atom stereocenters. The van der Waals surface area contributed by atoms with Crippen molar-refractivity contribution in [1.29, 1.82) is 0 Å². The molecule has 0 bridgehead atoms. The molecule has 16 heavy (non-hydrogen) atoms. The predicted octanol–water partition coefficient (Wildman–Crippen LogP) is 1.97. The minimum atomic E-state index is -0.0560. The Morgan fingerprint density at radius 1 is 1.31 bits per heavy atom. The average Bonchev–Trinajstić information content (AvgIpc) is 3.00. The first-order chi connectivity index (χ1) is 7.67. The maximum absolute atomic E-state index is 9.50. The summed E-state index contributed by atoms with van der Waals surface area (Å²) >= 11 is 0. The standard InChI is InChI=1S/C13H18O3/c1-9-7-13(9,8-14)10-4-5-11(15-2)12(6-10)16-3/h4-6,9,14H,7-8H2,1-3H3. The Morgan fingerprint density at radius 3 is 2.38 bits per heavy atom. The van der Waals surface area contributed by atoms with Crippen molar-refractivity contribution < 1.29 is 14.6 Å². The number of rotatable bonds is 4. The van der Waals surface area contributed by atoms with Gasteiger partial charge in [0.15, 0.2) is 11.5 Å². The van der Waals surface area contributed by atoms with Crippen LogP contribution in [0.2, 0.25) is 0 Å². The number of benzene rings is 1. The third-order valence-corrected chi connectivity index (χ3v) is 3.69. The first-order valence-corrected chi connectivity index (χ1v) is 5.51. The van der Waals surface area contributed by atoms with Gasteiger partial charge in [0.1, 0.15) is 0 Å². The van der Waals surface area contributed by atoms with Crippen LogP contribution in [0.4, 0.5) is 0 Å². The van der Waals surface area contributed by atoms with E-state index in [9.17, 15) is 5.11 Å². The van der Waals surface area contributed by atoms with Crippen molar-refractivity contribution >= 4 is 0 Å². The molecule has 0 amide bonds. The molecule has 0 aromatic heterocycles. The number of aliphatic hydroxyl groups is 1. The van der Waals surface area contributed by atoms with E-state index in [1.165, 1.54) is 0 Å². The van der Waals surface area contributed by atoms with Gasteiger partial charge in [-0.2, -0.15) is 0 Å². The fourth-order valence-electron chi connectivity index (χ4n) is 2.35. The molecule has 0 aliphatic heterocycles. The summed E-state index contributed by atoms with van der Waals surface area (Å²) in [6, 6.07) is 5.89. The van der Waals surface area contributed by atoms with Crippen LogP contribution in [0.3, 0.4) is 0 Å². The molecule has 3 heteroatoms. The highest BCUT2D eigenvalue weighted by Gasteiger charge is 2.52. The molecule has 1 N–H and O–H groups in total. The van der Waals surface area contributed by atoms with Crippen LogP contribution in [0, 0.1) is 5.92 Å². The van der Waals surface area contributed by atoms with Crippen molar-refractivity contribution in [1.82, 2.24) is 0 Å². The summed E-state index contributed by atoms with van der Waals surface area (Å²) in [6.07, 6.45) is 1.04. The van der Waals surface area contributed by atoms with E-state index in [0.717, 1.165) is 23.5 Å². The maximum Gasteiger partial charge on any atom is 0.161 e. The highest BCUT2D eigenvalue weighted by molar-refractivity contribution is 5.47. The predicted molar refractivity (Wildman–Crippen MR) is 62.1 cm³/mol. The van der Waals surface area contributed by atoms with Gasteiger partial charge in [-0.1, -0.05) is 13.0 Å². The molecule has 1 aliphatic carbocycles. The second kappa shape index (κ2) is 3.98. The van der Waals surface area contributed by atoms with Gasteiger partial charge in [-0.15, -0.1) is 0 Å². The number of ether oxygens (including phenoxy) is 2. The van der Waals surface area contributed by atoms with E-state index in [-0.39, 0.29) is 12.0 Å². The molecule has 2 rings (SSSR count). The molecule has 1 aromatic rings. The van der Waals surface area contributed by atoms with Gasteiger partial charge in [0.05, 0.1) is 20.8 Å². The second-order valence-corrected chi connectivity index (χ2v) is 4.49. The van der Waals surface area contributed by atoms with Crippen molar-refractivity contribution in [3.8, 4) is 11.5 Å². The minimum Gasteiger partial charge on any atom is -0.493 e. The molecule has 0 saturated heterocycles. The molecule has 0 spiro atoms. The Labute approximate surface area is 96.0 Å². The lowest BCUT2D eigenvalue weighted by Gasteiger charge is -2.16. The Kier molecular flexibility index (Phi) is 2.80. The Balaban J connectivity index is 2.37. The van der Waals surface area contributed by atoms with Crippen LogP contribution in [0.25, 0.3) is 0 Å². The first kappa shape index (κ1) is 11.3. The zero-order chi connectivity index (χ0) is 11.8. The minimum absolute atomic E-state index is 0.0560. The van der Waals surface area contributed by atoms with E-state index >= 15 is 0 Å². The van der Waals surface area contributed by atoms with Crippen LogP contribution in [0.1, 0.15) is 18.9 Å². The van der Waals surface area contributed by atoms with E-state index in [1.807, 2.05) is 18.2 Å². The van der Waals surface area contributed by atoms with E-state index in [4.69, 9.17) is 9.47 Å². The Bertz CT molecular complexity index is 385. The Morgan fingerprint density at radius 2 is 1.94 bits per heavy atom. The zero-order valence-electron chi connectivity index (χ0n) is 9.99. The maximum atomic E-state index is 9.50. The number of hydrogen-bond acceptors (Lipinski definition) is 3. The Hall–Kier alpha value is -1.22. The smallest absolute Gasteiger partial charge is 0.161 e. The monoisotopic (exact) mass is 222 g/mol. The molecule has 1 aromatic carbocycles. The van der Waals surface area contributed by atoms with E-state index in [1.54, 1.807) is 14.2 Å². The van der Waals surface area contributed by atoms with Crippen molar-refractivity contribution in [2.45, 2.75) is 18.8 Å². The summed E-state index contributed by atoms with van der Waals surface area (Å²) in [7, 11) is 3.25. The number of aliphatic hydroxyl groups excluding tert-OH is 1. The largest absolute Gasteiger partial charge is 0.493 e. The summed E-state index contributed by atoms with van der Waals surface area (Å²) < 4.78 is 10.5. The topological polar surface area (TPSA) is 38.7 Å². The van der Waals surface area contributed by atoms with Crippen molar-refractivity contribution in [3.63, 3.8) is 0 Å². The molecular formula is C13H18O3. The fourth-order valence-corrected chi connectivity index (χ4v) is 2.35. The van der Waals surface area contributed by atoms with Crippen LogP contribution < -0.4 is 9.47 Å². The summed E-state index contributed by atoms with van der Waals surface area (Å²) in [6.45, 7) is 2.36. The van der Waals surface area contributed by atoms with Crippen LogP contribution in [-0.2, 0) is 5.41 Å². The van der Waals surface area contributed by atoms with Crippen LogP contribution in [0.5, 0.6) is 11.5 Å². The van der Waals surface area contributed by atoms with E-state index < -0.39 is 0 Å². The van der Waals surface area contributed by atoms with Gasteiger partial charge in [-0.25, -0.2) is 0 Å². The lowest BCUT2D eigenvalue weighted by Crippen LogP contribution is -2.14. The summed E-state index contributed by atoms with van der Waals surface area (Å²) in [4.78, 5) is 0. The first-order valence-electron chi connectivity index (χ1n) is 5.51. The normalized spacial score (nSPS) is 27.6. The molecule has 0 radical (unpaired) electrons. The molecule has 88 valence electrons. The average molecular weight is 222 g/mol. The lowest BCUT2D eigenvalue weighted by molar-refractivity contribution is 0.246.